The average Bonchev–Trinajstić information content (AvgIpc) is 2.58. The molecule has 2 saturated heterocycles. The van der Waals surface area contributed by atoms with E-state index < -0.39 is 0 Å². The Bertz CT molecular complexity index is 713. The Hall–Kier alpha value is -1.36. The third-order valence-corrected chi connectivity index (χ3v) is 5.49. The van der Waals surface area contributed by atoms with Crippen LogP contribution in [0.5, 0.6) is 0 Å². The second-order valence-electron chi connectivity index (χ2n) is 6.55. The van der Waals surface area contributed by atoms with Crippen molar-refractivity contribution in [1.82, 2.24) is 4.98 Å². The van der Waals surface area contributed by atoms with Gasteiger partial charge in [-0.1, -0.05) is 11.6 Å². The van der Waals surface area contributed by atoms with Gasteiger partial charge in [-0.15, -0.1) is 0 Å². The van der Waals surface area contributed by atoms with Crippen molar-refractivity contribution in [2.45, 2.75) is 37.4 Å². The van der Waals surface area contributed by atoms with Crippen LogP contribution >= 0.6 is 11.6 Å². The fourth-order valence-corrected chi connectivity index (χ4v) is 4.06. The molecular formula is C18H21ClN2O2. The van der Waals surface area contributed by atoms with Gasteiger partial charge >= 0.3 is 0 Å². The van der Waals surface area contributed by atoms with Crippen LogP contribution in [0, 0.1) is 0 Å². The number of ether oxygens (including phenoxy) is 1. The molecule has 0 aliphatic carbocycles. The van der Waals surface area contributed by atoms with Crippen LogP contribution in [0.1, 0.15) is 25.7 Å². The number of rotatable bonds is 1. The van der Waals surface area contributed by atoms with Crippen molar-refractivity contribution in [3.63, 3.8) is 0 Å². The molecule has 122 valence electrons. The Kier molecular flexibility index (Phi) is 3.92. The molecule has 1 aromatic heterocycles. The number of pyridine rings is 1. The quantitative estimate of drug-likeness (QED) is 0.869. The van der Waals surface area contributed by atoms with Crippen molar-refractivity contribution in [1.29, 1.82) is 0 Å². The number of aromatic nitrogens is 1. The lowest BCUT2D eigenvalue weighted by Crippen LogP contribution is -2.55. The number of nitrogens with zero attached hydrogens (tertiary/aromatic N) is 2. The summed E-state index contributed by atoms with van der Waals surface area (Å²) in [5.41, 5.74) is 1.78. The molecule has 1 aromatic carbocycles. The minimum absolute atomic E-state index is 0.327. The van der Waals surface area contributed by atoms with Gasteiger partial charge in [0.25, 0.3) is 0 Å². The molecule has 5 heteroatoms. The number of fused-ring (bicyclic) bond motifs is 1. The fourth-order valence-electron chi connectivity index (χ4n) is 3.90. The first-order valence-corrected chi connectivity index (χ1v) is 8.67. The zero-order valence-corrected chi connectivity index (χ0v) is 13.8. The van der Waals surface area contributed by atoms with Crippen molar-refractivity contribution >= 4 is 28.2 Å². The minimum Gasteiger partial charge on any atom is -0.390 e. The van der Waals surface area contributed by atoms with Crippen LogP contribution < -0.4 is 4.90 Å². The van der Waals surface area contributed by atoms with Gasteiger partial charge in [0.1, 0.15) is 0 Å². The second-order valence-corrected chi connectivity index (χ2v) is 6.99. The maximum Gasteiger partial charge on any atom is 0.0973 e. The minimum atomic E-state index is -0.332. The highest BCUT2D eigenvalue weighted by Gasteiger charge is 2.43. The molecular weight excluding hydrogens is 312 g/mol. The topological polar surface area (TPSA) is 45.6 Å². The predicted molar refractivity (Wildman–Crippen MR) is 92.1 cm³/mol. The lowest BCUT2D eigenvalue weighted by molar-refractivity contribution is -0.164. The van der Waals surface area contributed by atoms with Gasteiger partial charge < -0.3 is 14.7 Å². The lowest BCUT2D eigenvalue weighted by atomic mass is 9.82. The van der Waals surface area contributed by atoms with Crippen molar-refractivity contribution in [3.05, 3.63) is 35.5 Å². The summed E-state index contributed by atoms with van der Waals surface area (Å²) in [6, 6.07) is 7.91. The maximum absolute atomic E-state index is 10.4. The summed E-state index contributed by atoms with van der Waals surface area (Å²) in [6.07, 6.45) is 5.06. The Morgan fingerprint density at radius 1 is 1.26 bits per heavy atom. The Balaban J connectivity index is 1.59. The molecule has 0 saturated carbocycles. The molecule has 1 atom stereocenters. The van der Waals surface area contributed by atoms with E-state index in [4.69, 9.17) is 16.3 Å². The van der Waals surface area contributed by atoms with Crippen LogP contribution in [0.25, 0.3) is 10.9 Å². The van der Waals surface area contributed by atoms with E-state index in [0.717, 1.165) is 56.3 Å². The molecule has 0 bridgehead atoms. The first kappa shape index (κ1) is 15.2. The molecule has 0 amide bonds. The molecule has 0 unspecified atom stereocenters. The molecule has 2 fully saturated rings. The van der Waals surface area contributed by atoms with E-state index in [1.54, 1.807) is 0 Å². The number of hydrogen-bond acceptors (Lipinski definition) is 4. The molecule has 2 aliphatic rings. The van der Waals surface area contributed by atoms with E-state index in [2.05, 4.69) is 16.0 Å². The SMILES string of the molecule is O[C@@H]1CCCOC12CCN(c1ccnc3cc(Cl)ccc13)CC2. The van der Waals surface area contributed by atoms with Crippen LogP contribution in [-0.4, -0.2) is 41.5 Å². The van der Waals surface area contributed by atoms with Gasteiger partial charge in [-0.2, -0.15) is 0 Å². The van der Waals surface area contributed by atoms with E-state index in [9.17, 15) is 5.11 Å². The first-order valence-electron chi connectivity index (χ1n) is 8.29. The molecule has 0 radical (unpaired) electrons. The molecule has 4 nitrogen and oxygen atoms in total. The van der Waals surface area contributed by atoms with Crippen LogP contribution in [0.3, 0.4) is 0 Å². The normalized spacial score (nSPS) is 24.3. The Morgan fingerprint density at radius 2 is 2.09 bits per heavy atom. The van der Waals surface area contributed by atoms with E-state index in [1.165, 1.54) is 5.69 Å². The molecule has 2 aliphatic heterocycles. The Morgan fingerprint density at radius 3 is 2.87 bits per heavy atom. The van der Waals surface area contributed by atoms with Crippen molar-refractivity contribution in [2.24, 2.45) is 0 Å². The van der Waals surface area contributed by atoms with Crippen LogP contribution in [0.15, 0.2) is 30.5 Å². The van der Waals surface area contributed by atoms with Crippen molar-refractivity contribution < 1.29 is 9.84 Å². The zero-order chi connectivity index (χ0) is 15.9. The zero-order valence-electron chi connectivity index (χ0n) is 13.0. The third-order valence-electron chi connectivity index (χ3n) is 5.25. The predicted octanol–water partition coefficient (Wildman–Crippen LogP) is 3.40. The smallest absolute Gasteiger partial charge is 0.0973 e. The first-order chi connectivity index (χ1) is 11.2. The van der Waals surface area contributed by atoms with Gasteiger partial charge in [0.2, 0.25) is 0 Å². The summed E-state index contributed by atoms with van der Waals surface area (Å²) in [4.78, 5) is 6.79. The number of hydrogen-bond donors (Lipinski definition) is 1. The molecule has 1 spiro atoms. The molecule has 1 N–H and O–H groups in total. The van der Waals surface area contributed by atoms with Gasteiger partial charge in [0, 0.05) is 42.0 Å². The standard InChI is InChI=1S/C18H21ClN2O2/c19-13-3-4-14-15(12-13)20-8-5-16(14)21-9-6-18(7-10-21)17(22)2-1-11-23-18/h3-5,8,12,17,22H,1-2,6-7,9-11H2/t17-/m1/s1. The van der Waals surface area contributed by atoms with Gasteiger partial charge in [-0.05, 0) is 49.9 Å². The maximum atomic E-state index is 10.4. The number of halogens is 1. The summed E-state index contributed by atoms with van der Waals surface area (Å²) in [7, 11) is 0. The summed E-state index contributed by atoms with van der Waals surface area (Å²) >= 11 is 6.07. The number of anilines is 1. The highest BCUT2D eigenvalue weighted by molar-refractivity contribution is 6.31. The second kappa shape index (κ2) is 5.93. The lowest BCUT2D eigenvalue weighted by Gasteiger charge is -2.47. The molecule has 23 heavy (non-hydrogen) atoms. The van der Waals surface area contributed by atoms with E-state index in [0.29, 0.717) is 5.02 Å². The van der Waals surface area contributed by atoms with Gasteiger partial charge in [0.15, 0.2) is 0 Å². The van der Waals surface area contributed by atoms with E-state index >= 15 is 0 Å². The summed E-state index contributed by atoms with van der Waals surface area (Å²) in [5, 5.41) is 12.2. The van der Waals surface area contributed by atoms with Gasteiger partial charge in [0.05, 0.1) is 17.2 Å². The van der Waals surface area contributed by atoms with Crippen molar-refractivity contribution in [3.8, 4) is 0 Å². The number of piperidine rings is 1. The van der Waals surface area contributed by atoms with Crippen molar-refractivity contribution in [2.75, 3.05) is 24.6 Å². The molecule has 3 heterocycles. The van der Waals surface area contributed by atoms with Gasteiger partial charge in [-0.3, -0.25) is 4.98 Å². The van der Waals surface area contributed by atoms with Gasteiger partial charge in [-0.25, -0.2) is 0 Å². The monoisotopic (exact) mass is 332 g/mol. The largest absolute Gasteiger partial charge is 0.390 e. The molecule has 4 rings (SSSR count). The van der Waals surface area contributed by atoms with E-state index in [-0.39, 0.29) is 11.7 Å². The highest BCUT2D eigenvalue weighted by Crippen LogP contribution is 2.38. The Labute approximate surface area is 141 Å². The van der Waals surface area contributed by atoms with Crippen LogP contribution in [0.4, 0.5) is 5.69 Å². The number of benzene rings is 1. The molecule has 2 aromatic rings. The van der Waals surface area contributed by atoms with Crippen LogP contribution in [0.2, 0.25) is 5.02 Å². The number of aliphatic hydroxyl groups is 1. The summed E-state index contributed by atoms with van der Waals surface area (Å²) < 4.78 is 6.00. The average molecular weight is 333 g/mol. The third kappa shape index (κ3) is 2.69. The van der Waals surface area contributed by atoms with E-state index in [1.807, 2.05) is 24.4 Å². The summed E-state index contributed by atoms with van der Waals surface area (Å²) in [5.74, 6) is 0. The summed E-state index contributed by atoms with van der Waals surface area (Å²) in [6.45, 7) is 2.55. The van der Waals surface area contributed by atoms with Crippen LogP contribution in [-0.2, 0) is 4.74 Å². The fraction of sp³-hybridized carbons (Fsp3) is 0.500. The highest BCUT2D eigenvalue weighted by atomic mass is 35.5. The number of aliphatic hydroxyl groups excluding tert-OH is 1.